The van der Waals surface area contributed by atoms with Crippen molar-refractivity contribution in [1.29, 1.82) is 0 Å². The number of rotatable bonds is 5. The van der Waals surface area contributed by atoms with Crippen LogP contribution in [0.2, 0.25) is 5.02 Å². The number of oxime groups is 1. The van der Waals surface area contributed by atoms with Crippen LogP contribution >= 0.6 is 11.6 Å². The van der Waals surface area contributed by atoms with Gasteiger partial charge in [0.15, 0.2) is 0 Å². The summed E-state index contributed by atoms with van der Waals surface area (Å²) < 4.78 is 0. The van der Waals surface area contributed by atoms with Crippen molar-refractivity contribution < 1.29 is 5.21 Å². The van der Waals surface area contributed by atoms with Gasteiger partial charge in [-0.3, -0.25) is 0 Å². The monoisotopic (exact) mass is 289 g/mol. The molecule has 1 unspecified atom stereocenters. The van der Waals surface area contributed by atoms with Crippen LogP contribution in [0.15, 0.2) is 59.8 Å². The molecule has 0 spiro atoms. The Morgan fingerprint density at radius 2 is 1.95 bits per heavy atom. The summed E-state index contributed by atoms with van der Waals surface area (Å²) in [6.45, 7) is 0.514. The Bertz CT molecular complexity index is 587. The third-order valence-corrected chi connectivity index (χ3v) is 3.24. The van der Waals surface area contributed by atoms with E-state index in [1.54, 1.807) is 0 Å². The van der Waals surface area contributed by atoms with Crippen LogP contribution in [0.25, 0.3) is 0 Å². The lowest BCUT2D eigenvalue weighted by Crippen LogP contribution is -2.28. The average molecular weight is 290 g/mol. The highest BCUT2D eigenvalue weighted by atomic mass is 35.5. The van der Waals surface area contributed by atoms with Crippen molar-refractivity contribution >= 4 is 23.1 Å². The van der Waals surface area contributed by atoms with Crippen LogP contribution in [0.1, 0.15) is 11.5 Å². The number of benzene rings is 2. The molecule has 0 aliphatic heterocycles. The van der Waals surface area contributed by atoms with Crippen molar-refractivity contribution in [3.63, 3.8) is 0 Å². The second-order valence-corrected chi connectivity index (χ2v) is 4.82. The number of halogens is 1. The first-order valence-electron chi connectivity index (χ1n) is 6.22. The molecule has 4 nitrogen and oxygen atoms in total. The SMILES string of the molecule is NC(=NO)C(CNc1cccc(Cl)c1)c1ccccc1. The first-order valence-corrected chi connectivity index (χ1v) is 6.60. The molecule has 2 rings (SSSR count). The van der Waals surface area contributed by atoms with E-state index in [0.717, 1.165) is 11.3 Å². The Balaban J connectivity index is 2.13. The van der Waals surface area contributed by atoms with Crippen molar-refractivity contribution in [2.75, 3.05) is 11.9 Å². The molecule has 0 radical (unpaired) electrons. The Morgan fingerprint density at radius 3 is 2.60 bits per heavy atom. The van der Waals surface area contributed by atoms with Gasteiger partial charge in [-0.25, -0.2) is 0 Å². The van der Waals surface area contributed by atoms with Crippen LogP contribution in [0.3, 0.4) is 0 Å². The fraction of sp³-hybridized carbons (Fsp3) is 0.133. The predicted octanol–water partition coefficient (Wildman–Crippen LogP) is 3.28. The second-order valence-electron chi connectivity index (χ2n) is 4.38. The predicted molar refractivity (Wildman–Crippen MR) is 82.5 cm³/mol. The number of nitrogens with two attached hydrogens (primary N) is 1. The molecule has 2 aromatic carbocycles. The molecule has 0 aliphatic rings. The lowest BCUT2D eigenvalue weighted by atomic mass is 9.98. The normalized spacial score (nSPS) is 12.9. The summed E-state index contributed by atoms with van der Waals surface area (Å²) in [6.07, 6.45) is 0. The quantitative estimate of drug-likeness (QED) is 0.342. The summed E-state index contributed by atoms with van der Waals surface area (Å²) in [5.41, 5.74) is 7.65. The van der Waals surface area contributed by atoms with Crippen molar-refractivity contribution in [3.05, 3.63) is 65.2 Å². The third-order valence-electron chi connectivity index (χ3n) is 3.01. The van der Waals surface area contributed by atoms with E-state index >= 15 is 0 Å². The van der Waals surface area contributed by atoms with E-state index in [2.05, 4.69) is 10.5 Å². The Hall–Kier alpha value is -2.20. The van der Waals surface area contributed by atoms with E-state index in [1.807, 2.05) is 54.6 Å². The summed E-state index contributed by atoms with van der Waals surface area (Å²) in [7, 11) is 0. The molecule has 0 saturated carbocycles. The minimum atomic E-state index is -0.208. The lowest BCUT2D eigenvalue weighted by molar-refractivity contribution is 0.316. The Labute approximate surface area is 122 Å². The highest BCUT2D eigenvalue weighted by molar-refractivity contribution is 6.30. The van der Waals surface area contributed by atoms with Gasteiger partial charge in [-0.05, 0) is 23.8 Å². The smallest absolute Gasteiger partial charge is 0.148 e. The van der Waals surface area contributed by atoms with E-state index in [-0.39, 0.29) is 11.8 Å². The molecule has 0 aliphatic carbocycles. The van der Waals surface area contributed by atoms with E-state index in [0.29, 0.717) is 11.6 Å². The molecule has 0 bridgehead atoms. The highest BCUT2D eigenvalue weighted by Gasteiger charge is 2.16. The number of anilines is 1. The molecule has 5 heteroatoms. The maximum absolute atomic E-state index is 8.92. The van der Waals surface area contributed by atoms with Gasteiger partial charge in [0, 0.05) is 17.3 Å². The maximum Gasteiger partial charge on any atom is 0.148 e. The molecule has 104 valence electrons. The van der Waals surface area contributed by atoms with Crippen LogP contribution in [0, 0.1) is 0 Å². The maximum atomic E-state index is 8.92. The summed E-state index contributed by atoms with van der Waals surface area (Å²) in [5, 5.41) is 16.0. The molecule has 1 atom stereocenters. The number of nitrogens with one attached hydrogen (secondary N) is 1. The van der Waals surface area contributed by atoms with E-state index in [1.165, 1.54) is 0 Å². The fourth-order valence-electron chi connectivity index (χ4n) is 1.97. The number of nitrogens with zero attached hydrogens (tertiary/aromatic N) is 1. The molecule has 0 heterocycles. The Morgan fingerprint density at radius 1 is 1.20 bits per heavy atom. The minimum absolute atomic E-state index is 0.172. The zero-order valence-electron chi connectivity index (χ0n) is 10.8. The van der Waals surface area contributed by atoms with Gasteiger partial charge in [0.2, 0.25) is 0 Å². The third kappa shape index (κ3) is 3.65. The minimum Gasteiger partial charge on any atom is -0.409 e. The number of hydrogen-bond donors (Lipinski definition) is 3. The van der Waals surface area contributed by atoms with Crippen LogP contribution in [0.5, 0.6) is 0 Å². The molecule has 0 fully saturated rings. The fourth-order valence-corrected chi connectivity index (χ4v) is 2.16. The Kier molecular flexibility index (Phi) is 4.85. The molecule has 2 aromatic rings. The zero-order chi connectivity index (χ0) is 14.4. The van der Waals surface area contributed by atoms with Crippen LogP contribution in [-0.4, -0.2) is 17.6 Å². The van der Waals surface area contributed by atoms with Crippen molar-refractivity contribution in [3.8, 4) is 0 Å². The molecule has 0 saturated heterocycles. The molecular formula is C15H16ClN3O. The van der Waals surface area contributed by atoms with Crippen LogP contribution in [-0.2, 0) is 0 Å². The van der Waals surface area contributed by atoms with Gasteiger partial charge in [0.05, 0.1) is 5.92 Å². The van der Waals surface area contributed by atoms with Gasteiger partial charge in [-0.1, -0.05) is 53.2 Å². The summed E-state index contributed by atoms with van der Waals surface area (Å²) in [6, 6.07) is 17.1. The van der Waals surface area contributed by atoms with Crippen LogP contribution in [0.4, 0.5) is 5.69 Å². The van der Waals surface area contributed by atoms with Gasteiger partial charge in [0.1, 0.15) is 5.84 Å². The molecule has 4 N–H and O–H groups in total. The van der Waals surface area contributed by atoms with Gasteiger partial charge >= 0.3 is 0 Å². The molecule has 20 heavy (non-hydrogen) atoms. The van der Waals surface area contributed by atoms with Crippen molar-refractivity contribution in [2.45, 2.75) is 5.92 Å². The van der Waals surface area contributed by atoms with Gasteiger partial charge in [-0.15, -0.1) is 0 Å². The largest absolute Gasteiger partial charge is 0.409 e. The first kappa shape index (κ1) is 14.2. The van der Waals surface area contributed by atoms with Gasteiger partial charge < -0.3 is 16.3 Å². The van der Waals surface area contributed by atoms with E-state index < -0.39 is 0 Å². The number of hydrogen-bond acceptors (Lipinski definition) is 3. The van der Waals surface area contributed by atoms with Crippen molar-refractivity contribution in [1.82, 2.24) is 0 Å². The molecule has 0 aromatic heterocycles. The molecular weight excluding hydrogens is 274 g/mol. The second kappa shape index (κ2) is 6.82. The van der Waals surface area contributed by atoms with Gasteiger partial charge in [0.25, 0.3) is 0 Å². The van der Waals surface area contributed by atoms with Crippen molar-refractivity contribution in [2.24, 2.45) is 10.9 Å². The summed E-state index contributed by atoms with van der Waals surface area (Å²) >= 11 is 5.94. The lowest BCUT2D eigenvalue weighted by Gasteiger charge is -2.17. The molecule has 0 amide bonds. The first-order chi connectivity index (χ1) is 9.70. The summed E-state index contributed by atoms with van der Waals surface area (Å²) in [5.74, 6) is -0.0362. The van der Waals surface area contributed by atoms with E-state index in [4.69, 9.17) is 22.5 Å². The average Bonchev–Trinajstić information content (AvgIpc) is 2.48. The highest BCUT2D eigenvalue weighted by Crippen LogP contribution is 2.19. The zero-order valence-corrected chi connectivity index (χ0v) is 11.6. The van der Waals surface area contributed by atoms with E-state index in [9.17, 15) is 0 Å². The van der Waals surface area contributed by atoms with Gasteiger partial charge in [-0.2, -0.15) is 0 Å². The number of amidine groups is 1. The van der Waals surface area contributed by atoms with Crippen LogP contribution < -0.4 is 11.1 Å². The summed E-state index contributed by atoms with van der Waals surface area (Å²) in [4.78, 5) is 0. The standard InChI is InChI=1S/C15H16ClN3O/c16-12-7-4-8-13(9-12)18-10-14(15(17)19-20)11-5-2-1-3-6-11/h1-9,14,18,20H,10H2,(H2,17,19). The topological polar surface area (TPSA) is 70.6 Å².